The molecule has 0 aromatic heterocycles. The smallest absolute Gasteiger partial charge is 0.329 e. The second-order valence-corrected chi connectivity index (χ2v) is 5.84. The third kappa shape index (κ3) is 3.83. The van der Waals surface area contributed by atoms with Gasteiger partial charge in [-0.1, -0.05) is 0 Å². The molecule has 114 valence electrons. The maximum atomic E-state index is 12.0. The van der Waals surface area contributed by atoms with E-state index >= 15 is 0 Å². The third-order valence-corrected chi connectivity index (χ3v) is 3.69. The maximum Gasteiger partial charge on any atom is 0.329 e. The fourth-order valence-electron chi connectivity index (χ4n) is 2.63. The van der Waals surface area contributed by atoms with E-state index < -0.39 is 11.6 Å². The highest BCUT2D eigenvalue weighted by Crippen LogP contribution is 2.25. The predicted octanol–water partition coefficient (Wildman–Crippen LogP) is 0.439. The second-order valence-electron chi connectivity index (χ2n) is 5.84. The highest BCUT2D eigenvalue weighted by Gasteiger charge is 2.43. The van der Waals surface area contributed by atoms with Crippen LogP contribution in [0.5, 0.6) is 0 Å². The van der Waals surface area contributed by atoms with Gasteiger partial charge in [0.05, 0.1) is 19.2 Å². The summed E-state index contributed by atoms with van der Waals surface area (Å²) < 4.78 is 10.7. The Balaban J connectivity index is 1.72. The summed E-state index contributed by atoms with van der Waals surface area (Å²) >= 11 is 0. The Morgan fingerprint density at radius 1 is 1.50 bits per heavy atom. The molecule has 2 N–H and O–H groups in total. The maximum absolute atomic E-state index is 12.0. The van der Waals surface area contributed by atoms with Gasteiger partial charge in [0.2, 0.25) is 0 Å². The summed E-state index contributed by atoms with van der Waals surface area (Å²) in [5.41, 5.74) is -0.543. The summed E-state index contributed by atoms with van der Waals surface area (Å²) in [5, 5.41) is 11.6. The summed E-state index contributed by atoms with van der Waals surface area (Å²) in [6.07, 6.45) is 1.83. The zero-order valence-corrected chi connectivity index (χ0v) is 11.9. The van der Waals surface area contributed by atoms with E-state index in [0.29, 0.717) is 19.7 Å². The van der Waals surface area contributed by atoms with Gasteiger partial charge in [-0.15, -0.1) is 0 Å². The SMILES string of the molecule is CC1CC(NC(=O)N2CC(C)(OCC(=O)O)C2)CCO1. The highest BCUT2D eigenvalue weighted by atomic mass is 16.5. The van der Waals surface area contributed by atoms with Gasteiger partial charge >= 0.3 is 12.0 Å². The predicted molar refractivity (Wildman–Crippen MR) is 70.5 cm³/mol. The van der Waals surface area contributed by atoms with Crippen molar-refractivity contribution in [2.24, 2.45) is 0 Å². The Morgan fingerprint density at radius 2 is 2.20 bits per heavy atom. The van der Waals surface area contributed by atoms with E-state index in [2.05, 4.69) is 5.32 Å². The number of rotatable bonds is 4. The van der Waals surface area contributed by atoms with Crippen LogP contribution in [0.2, 0.25) is 0 Å². The lowest BCUT2D eigenvalue weighted by Gasteiger charge is -2.47. The molecule has 0 bridgehead atoms. The number of amides is 2. The van der Waals surface area contributed by atoms with Gasteiger partial charge in [-0.3, -0.25) is 0 Å². The number of likely N-dealkylation sites (tertiary alicyclic amines) is 1. The van der Waals surface area contributed by atoms with Gasteiger partial charge in [0, 0.05) is 12.6 Å². The summed E-state index contributed by atoms with van der Waals surface area (Å²) in [4.78, 5) is 24.1. The first-order chi connectivity index (χ1) is 9.38. The van der Waals surface area contributed by atoms with Crippen LogP contribution in [0.1, 0.15) is 26.7 Å². The summed E-state index contributed by atoms with van der Waals surface area (Å²) in [5.74, 6) is -0.995. The average molecular weight is 286 g/mol. The van der Waals surface area contributed by atoms with Gasteiger partial charge in [0.15, 0.2) is 0 Å². The molecule has 20 heavy (non-hydrogen) atoms. The number of hydrogen-bond acceptors (Lipinski definition) is 4. The van der Waals surface area contributed by atoms with E-state index in [1.165, 1.54) is 0 Å². The van der Waals surface area contributed by atoms with Crippen LogP contribution in [-0.2, 0) is 14.3 Å². The molecule has 2 saturated heterocycles. The molecule has 0 aromatic rings. The normalized spacial score (nSPS) is 28.6. The zero-order chi connectivity index (χ0) is 14.8. The van der Waals surface area contributed by atoms with Gasteiger partial charge in [0.1, 0.15) is 12.2 Å². The Labute approximate surface area is 118 Å². The third-order valence-electron chi connectivity index (χ3n) is 3.69. The van der Waals surface area contributed by atoms with Crippen LogP contribution < -0.4 is 5.32 Å². The largest absolute Gasteiger partial charge is 0.480 e. The molecule has 2 aliphatic heterocycles. The molecule has 0 radical (unpaired) electrons. The van der Waals surface area contributed by atoms with E-state index in [4.69, 9.17) is 14.6 Å². The van der Waals surface area contributed by atoms with Gasteiger partial charge < -0.3 is 24.8 Å². The summed E-state index contributed by atoms with van der Waals surface area (Å²) in [7, 11) is 0. The van der Waals surface area contributed by atoms with Crippen molar-refractivity contribution in [3.63, 3.8) is 0 Å². The van der Waals surface area contributed by atoms with Gasteiger partial charge in [-0.2, -0.15) is 0 Å². The number of nitrogens with one attached hydrogen (secondary N) is 1. The number of aliphatic carboxylic acids is 1. The van der Waals surface area contributed by atoms with E-state index in [1.807, 2.05) is 13.8 Å². The molecule has 0 aliphatic carbocycles. The standard InChI is InChI=1S/C13H22N2O5/c1-9-5-10(3-4-19-9)14-12(18)15-7-13(2,8-15)20-6-11(16)17/h9-10H,3-8H2,1-2H3,(H,14,18)(H,16,17). The lowest BCUT2D eigenvalue weighted by Crippen LogP contribution is -2.66. The molecule has 2 fully saturated rings. The van der Waals surface area contributed by atoms with Crippen LogP contribution in [0, 0.1) is 0 Å². The molecular formula is C13H22N2O5. The van der Waals surface area contributed by atoms with Crippen molar-refractivity contribution >= 4 is 12.0 Å². The minimum atomic E-state index is -0.995. The van der Waals surface area contributed by atoms with E-state index in [-0.39, 0.29) is 24.8 Å². The minimum Gasteiger partial charge on any atom is -0.480 e. The van der Waals surface area contributed by atoms with Crippen molar-refractivity contribution in [1.29, 1.82) is 0 Å². The number of carboxylic acids is 1. The minimum absolute atomic E-state index is 0.111. The van der Waals surface area contributed by atoms with Crippen LogP contribution in [0.15, 0.2) is 0 Å². The van der Waals surface area contributed by atoms with Crippen LogP contribution in [0.3, 0.4) is 0 Å². The monoisotopic (exact) mass is 286 g/mol. The molecule has 2 heterocycles. The first-order valence-electron chi connectivity index (χ1n) is 6.91. The first-order valence-corrected chi connectivity index (χ1v) is 6.91. The lowest BCUT2D eigenvalue weighted by molar-refractivity contribution is -0.159. The summed E-state index contributed by atoms with van der Waals surface area (Å²) in [6.45, 7) is 5.00. The van der Waals surface area contributed by atoms with E-state index in [9.17, 15) is 9.59 Å². The number of hydrogen-bond donors (Lipinski definition) is 2. The lowest BCUT2D eigenvalue weighted by atomic mass is 9.96. The van der Waals surface area contributed by atoms with Crippen molar-refractivity contribution < 1.29 is 24.2 Å². The topological polar surface area (TPSA) is 88.1 Å². The molecule has 2 rings (SSSR count). The number of ether oxygens (including phenoxy) is 2. The summed E-state index contributed by atoms with van der Waals surface area (Å²) in [6, 6.07) is 0.0403. The molecule has 0 saturated carbocycles. The Bertz CT molecular complexity index is 381. The highest BCUT2D eigenvalue weighted by molar-refractivity contribution is 5.76. The van der Waals surface area contributed by atoms with Crippen LogP contribution in [0.4, 0.5) is 4.79 Å². The van der Waals surface area contributed by atoms with Crippen LogP contribution in [0.25, 0.3) is 0 Å². The molecule has 0 aromatic carbocycles. The first kappa shape index (κ1) is 15.1. The number of carboxylic acid groups (broad SMARTS) is 1. The average Bonchev–Trinajstić information content (AvgIpc) is 2.33. The van der Waals surface area contributed by atoms with Crippen LogP contribution in [-0.4, -0.2) is 66.1 Å². The van der Waals surface area contributed by atoms with Gasteiger partial charge in [-0.05, 0) is 26.7 Å². The molecule has 2 aliphatic rings. The van der Waals surface area contributed by atoms with E-state index in [0.717, 1.165) is 12.8 Å². The van der Waals surface area contributed by atoms with Gasteiger partial charge in [-0.25, -0.2) is 9.59 Å². The molecule has 7 nitrogen and oxygen atoms in total. The van der Waals surface area contributed by atoms with Crippen LogP contribution >= 0.6 is 0 Å². The number of urea groups is 1. The Hall–Kier alpha value is -1.34. The molecule has 2 amide bonds. The van der Waals surface area contributed by atoms with Gasteiger partial charge in [0.25, 0.3) is 0 Å². The molecular weight excluding hydrogens is 264 g/mol. The molecule has 7 heteroatoms. The van der Waals surface area contributed by atoms with E-state index in [1.54, 1.807) is 4.90 Å². The van der Waals surface area contributed by atoms with Crippen molar-refractivity contribution in [3.05, 3.63) is 0 Å². The van der Waals surface area contributed by atoms with Crippen molar-refractivity contribution in [2.45, 2.75) is 44.4 Å². The number of nitrogens with zero attached hydrogens (tertiary/aromatic N) is 1. The fraction of sp³-hybridized carbons (Fsp3) is 0.846. The van der Waals surface area contributed by atoms with Crippen molar-refractivity contribution in [1.82, 2.24) is 10.2 Å². The zero-order valence-electron chi connectivity index (χ0n) is 11.9. The fourth-order valence-corrected chi connectivity index (χ4v) is 2.63. The van der Waals surface area contributed by atoms with Crippen molar-refractivity contribution in [3.8, 4) is 0 Å². The second kappa shape index (κ2) is 5.97. The number of carbonyl (C=O) groups is 2. The Kier molecular flexibility index (Phi) is 4.49. The molecule has 2 unspecified atom stereocenters. The van der Waals surface area contributed by atoms with Crippen molar-refractivity contribution in [2.75, 3.05) is 26.3 Å². The molecule has 2 atom stereocenters. The number of carbonyl (C=O) groups excluding carboxylic acids is 1. The molecule has 0 spiro atoms. The Morgan fingerprint density at radius 3 is 2.80 bits per heavy atom. The quantitative estimate of drug-likeness (QED) is 0.783.